The fraction of sp³-hybridized carbons (Fsp3) is 0.182. The van der Waals surface area contributed by atoms with Crippen molar-refractivity contribution in [3.05, 3.63) is 64.8 Å². The Morgan fingerprint density at radius 3 is 2.74 bits per heavy atom. The summed E-state index contributed by atoms with van der Waals surface area (Å²) in [6.45, 7) is 3.02. The topological polar surface area (TPSA) is 54.0 Å². The van der Waals surface area contributed by atoms with Crippen LogP contribution in [-0.2, 0) is 6.18 Å². The molecule has 0 saturated carbocycles. The molecule has 2 aromatic heterocycles. The number of pyridine rings is 1. The summed E-state index contributed by atoms with van der Waals surface area (Å²) in [6.07, 6.45) is -2.70. The Morgan fingerprint density at radius 2 is 2.00 bits per heavy atom. The predicted octanol–water partition coefficient (Wildman–Crippen LogP) is 6.14. The second-order valence-electron chi connectivity index (χ2n) is 7.29. The molecule has 0 amide bonds. The van der Waals surface area contributed by atoms with Gasteiger partial charge in [-0.15, -0.1) is 0 Å². The Balaban J connectivity index is 1.62. The van der Waals surface area contributed by atoms with Crippen molar-refractivity contribution < 1.29 is 17.9 Å². The lowest BCUT2D eigenvalue weighted by Gasteiger charge is -2.31. The number of fused-ring (bicyclic) bond motifs is 2. The Morgan fingerprint density at radius 1 is 1.16 bits per heavy atom. The van der Waals surface area contributed by atoms with Crippen molar-refractivity contribution in [3.8, 4) is 17.1 Å². The van der Waals surface area contributed by atoms with Crippen LogP contribution in [0.5, 0.6) is 5.75 Å². The van der Waals surface area contributed by atoms with E-state index in [1.165, 1.54) is 0 Å². The number of imidazole rings is 1. The van der Waals surface area contributed by atoms with Crippen molar-refractivity contribution in [1.29, 1.82) is 0 Å². The monoisotopic (exact) mass is 444 g/mol. The molecule has 0 atom stereocenters. The second kappa shape index (κ2) is 7.16. The molecule has 0 saturated heterocycles. The van der Waals surface area contributed by atoms with E-state index in [1.54, 1.807) is 12.3 Å². The second-order valence-corrected chi connectivity index (χ2v) is 7.69. The third kappa shape index (κ3) is 3.46. The van der Waals surface area contributed by atoms with Crippen LogP contribution in [-0.4, -0.2) is 28.1 Å². The molecule has 3 heterocycles. The van der Waals surface area contributed by atoms with Gasteiger partial charge in [0.15, 0.2) is 5.75 Å². The van der Waals surface area contributed by atoms with E-state index in [0.717, 1.165) is 29.2 Å². The molecule has 5 rings (SSSR count). The van der Waals surface area contributed by atoms with Crippen LogP contribution >= 0.6 is 11.6 Å². The molecule has 2 aromatic carbocycles. The number of nitrogens with zero attached hydrogens (tertiary/aromatic N) is 3. The van der Waals surface area contributed by atoms with Crippen LogP contribution in [0.2, 0.25) is 5.02 Å². The first-order chi connectivity index (χ1) is 14.8. The number of alkyl halides is 3. The smallest absolute Gasteiger partial charge is 0.416 e. The minimum atomic E-state index is -4.50. The summed E-state index contributed by atoms with van der Waals surface area (Å²) in [5.74, 6) is 1.75. The molecule has 0 fully saturated rings. The summed E-state index contributed by atoms with van der Waals surface area (Å²) in [7, 11) is 0. The van der Waals surface area contributed by atoms with Gasteiger partial charge in [0, 0.05) is 6.20 Å². The zero-order valence-electron chi connectivity index (χ0n) is 16.3. The van der Waals surface area contributed by atoms with Gasteiger partial charge in [0.1, 0.15) is 23.8 Å². The van der Waals surface area contributed by atoms with Crippen LogP contribution in [0.4, 0.5) is 24.7 Å². The molecule has 1 aliphatic heterocycles. The van der Waals surface area contributed by atoms with Crippen molar-refractivity contribution in [2.24, 2.45) is 0 Å². The summed E-state index contributed by atoms with van der Waals surface area (Å²) >= 11 is 6.10. The number of benzene rings is 2. The number of H-pyrrole nitrogens is 1. The van der Waals surface area contributed by atoms with Gasteiger partial charge in [-0.05, 0) is 42.8 Å². The van der Waals surface area contributed by atoms with Crippen molar-refractivity contribution in [1.82, 2.24) is 15.0 Å². The van der Waals surface area contributed by atoms with E-state index in [2.05, 4.69) is 15.0 Å². The average Bonchev–Trinajstić information content (AvgIpc) is 3.18. The number of para-hydroxylation sites is 1. The van der Waals surface area contributed by atoms with Crippen LogP contribution in [0.3, 0.4) is 0 Å². The highest BCUT2D eigenvalue weighted by Crippen LogP contribution is 2.43. The molecule has 0 spiro atoms. The van der Waals surface area contributed by atoms with Crippen LogP contribution < -0.4 is 9.64 Å². The summed E-state index contributed by atoms with van der Waals surface area (Å²) in [5.41, 5.74) is 2.15. The lowest BCUT2D eigenvalue weighted by atomic mass is 10.1. The number of hydrogen-bond acceptors (Lipinski definition) is 4. The number of aromatic amines is 1. The maximum Gasteiger partial charge on any atom is 0.416 e. The van der Waals surface area contributed by atoms with Gasteiger partial charge >= 0.3 is 6.18 Å². The quantitative estimate of drug-likeness (QED) is 0.403. The van der Waals surface area contributed by atoms with E-state index in [0.29, 0.717) is 30.3 Å². The van der Waals surface area contributed by atoms with E-state index >= 15 is 0 Å². The zero-order valence-corrected chi connectivity index (χ0v) is 17.1. The molecule has 158 valence electrons. The first-order valence-corrected chi connectivity index (χ1v) is 9.92. The largest absolute Gasteiger partial charge is 0.489 e. The molecule has 1 aliphatic rings. The van der Waals surface area contributed by atoms with E-state index in [9.17, 15) is 13.2 Å². The molecule has 5 nitrogen and oxygen atoms in total. The SMILES string of the molecule is Cc1ccc(N2CCOc3c(-c4nc5c(Cl)cc(C(F)(F)F)cc5[nH]4)cccc32)nc1. The Labute approximate surface area is 180 Å². The molecule has 0 unspecified atom stereocenters. The first kappa shape index (κ1) is 19.7. The van der Waals surface area contributed by atoms with Gasteiger partial charge in [0.2, 0.25) is 0 Å². The number of halogens is 4. The molecule has 0 aliphatic carbocycles. The van der Waals surface area contributed by atoms with Gasteiger partial charge in [-0.25, -0.2) is 9.97 Å². The van der Waals surface area contributed by atoms with Crippen LogP contribution in [0.25, 0.3) is 22.4 Å². The standard InChI is InChI=1S/C22H16ClF3N4O/c1-12-5-6-18(27-11-12)30-7-8-31-20-14(3-2-4-17(20)30)21-28-16-10-13(22(24,25)26)9-15(23)19(16)29-21/h2-6,9-11H,7-8H2,1H3,(H,28,29). The first-order valence-electron chi connectivity index (χ1n) is 9.54. The summed E-state index contributed by atoms with van der Waals surface area (Å²) in [5, 5.41) is -0.0662. The van der Waals surface area contributed by atoms with Gasteiger partial charge in [-0.2, -0.15) is 13.2 Å². The molecule has 31 heavy (non-hydrogen) atoms. The van der Waals surface area contributed by atoms with Crippen molar-refractivity contribution >= 4 is 34.1 Å². The average molecular weight is 445 g/mol. The van der Waals surface area contributed by atoms with Crippen molar-refractivity contribution in [2.75, 3.05) is 18.1 Å². The number of rotatable bonds is 2. The highest BCUT2D eigenvalue weighted by molar-refractivity contribution is 6.35. The maximum atomic E-state index is 13.2. The fourth-order valence-corrected chi connectivity index (χ4v) is 3.92. The number of ether oxygens (including phenoxy) is 1. The number of aryl methyl sites for hydroxylation is 1. The van der Waals surface area contributed by atoms with E-state index in [-0.39, 0.29) is 16.1 Å². The van der Waals surface area contributed by atoms with Gasteiger partial charge in [-0.1, -0.05) is 23.7 Å². The normalized spacial score (nSPS) is 13.9. The summed E-state index contributed by atoms with van der Waals surface area (Å²) < 4.78 is 45.4. The third-order valence-corrected chi connectivity index (χ3v) is 5.43. The number of nitrogens with one attached hydrogen (secondary N) is 1. The predicted molar refractivity (Wildman–Crippen MR) is 113 cm³/mol. The Bertz CT molecular complexity index is 1280. The number of aromatic nitrogens is 3. The number of hydrogen-bond donors (Lipinski definition) is 1. The lowest BCUT2D eigenvalue weighted by Crippen LogP contribution is -2.29. The lowest BCUT2D eigenvalue weighted by molar-refractivity contribution is -0.137. The highest BCUT2D eigenvalue weighted by atomic mass is 35.5. The minimum absolute atomic E-state index is 0.0662. The van der Waals surface area contributed by atoms with Gasteiger partial charge in [0.25, 0.3) is 0 Å². The Hall–Kier alpha value is -3.26. The molecule has 9 heteroatoms. The van der Waals surface area contributed by atoms with Gasteiger partial charge < -0.3 is 14.6 Å². The Kier molecular flexibility index (Phi) is 4.55. The van der Waals surface area contributed by atoms with Crippen LogP contribution in [0, 0.1) is 6.92 Å². The number of anilines is 2. The summed E-state index contributed by atoms with van der Waals surface area (Å²) in [6, 6.07) is 11.4. The van der Waals surface area contributed by atoms with Crippen molar-refractivity contribution in [3.63, 3.8) is 0 Å². The maximum absolute atomic E-state index is 13.2. The van der Waals surface area contributed by atoms with E-state index in [4.69, 9.17) is 16.3 Å². The molecule has 0 bridgehead atoms. The fourth-order valence-electron chi connectivity index (χ4n) is 3.66. The molecular weight excluding hydrogens is 429 g/mol. The molecule has 1 N–H and O–H groups in total. The third-order valence-electron chi connectivity index (χ3n) is 5.14. The molecule has 4 aromatic rings. The van der Waals surface area contributed by atoms with E-state index in [1.807, 2.05) is 36.1 Å². The molecular formula is C22H16ClF3N4O. The zero-order chi connectivity index (χ0) is 21.8. The molecule has 0 radical (unpaired) electrons. The summed E-state index contributed by atoms with van der Waals surface area (Å²) in [4.78, 5) is 14.0. The van der Waals surface area contributed by atoms with Crippen LogP contribution in [0.1, 0.15) is 11.1 Å². The minimum Gasteiger partial charge on any atom is -0.489 e. The highest BCUT2D eigenvalue weighted by Gasteiger charge is 2.32. The van der Waals surface area contributed by atoms with Crippen LogP contribution in [0.15, 0.2) is 48.7 Å². The van der Waals surface area contributed by atoms with Crippen molar-refractivity contribution in [2.45, 2.75) is 13.1 Å². The van der Waals surface area contributed by atoms with Gasteiger partial charge in [0.05, 0.1) is 33.9 Å². The van der Waals surface area contributed by atoms with E-state index < -0.39 is 11.7 Å². The van der Waals surface area contributed by atoms with Gasteiger partial charge in [-0.3, -0.25) is 0 Å².